The van der Waals surface area contributed by atoms with E-state index in [1.807, 2.05) is 0 Å². The number of rotatable bonds is 6. The van der Waals surface area contributed by atoms with Gasteiger partial charge in [0.2, 0.25) is 15.9 Å². The number of hydrogen-bond donors (Lipinski definition) is 1. The van der Waals surface area contributed by atoms with Crippen LogP contribution in [0.3, 0.4) is 0 Å². The molecule has 3 rings (SSSR count). The van der Waals surface area contributed by atoms with E-state index < -0.39 is 15.9 Å². The number of methoxy groups -OCH3 is 1. The van der Waals surface area contributed by atoms with E-state index in [0.29, 0.717) is 25.1 Å². The van der Waals surface area contributed by atoms with E-state index in [2.05, 4.69) is 5.32 Å². The van der Waals surface area contributed by atoms with Gasteiger partial charge in [0.25, 0.3) is 0 Å². The maximum absolute atomic E-state index is 13.0. The molecular formula is C21H25FN2O4S. The summed E-state index contributed by atoms with van der Waals surface area (Å²) >= 11 is 0. The Labute approximate surface area is 170 Å². The number of piperidine rings is 1. The number of nitrogens with zero attached hydrogens (tertiary/aromatic N) is 1. The molecule has 2 aromatic rings. The van der Waals surface area contributed by atoms with Crippen molar-refractivity contribution >= 4 is 15.9 Å². The summed E-state index contributed by atoms with van der Waals surface area (Å²) in [5.74, 6) is -0.318. The number of carbonyl (C=O) groups excluding carboxylic acids is 1. The lowest BCUT2D eigenvalue weighted by atomic mass is 9.99. The van der Waals surface area contributed by atoms with E-state index in [4.69, 9.17) is 4.74 Å². The quantitative estimate of drug-likeness (QED) is 0.780. The van der Waals surface area contributed by atoms with E-state index >= 15 is 0 Å². The van der Waals surface area contributed by atoms with Gasteiger partial charge in [-0.25, -0.2) is 12.8 Å². The lowest BCUT2D eigenvalue weighted by molar-refractivity contribution is -0.126. The third-order valence-electron chi connectivity index (χ3n) is 5.14. The number of halogens is 1. The second-order valence-corrected chi connectivity index (χ2v) is 9.12. The molecule has 1 fully saturated rings. The third-order valence-corrected chi connectivity index (χ3v) is 7.00. The molecule has 1 N–H and O–H groups in total. The van der Waals surface area contributed by atoms with Crippen LogP contribution in [0.5, 0.6) is 5.75 Å². The molecule has 1 amide bonds. The lowest BCUT2D eigenvalue weighted by Crippen LogP contribution is -2.45. The Balaban J connectivity index is 1.66. The molecule has 0 saturated carbocycles. The van der Waals surface area contributed by atoms with Crippen molar-refractivity contribution in [2.75, 3.05) is 20.2 Å². The van der Waals surface area contributed by atoms with Gasteiger partial charge < -0.3 is 10.1 Å². The molecule has 1 aliphatic rings. The van der Waals surface area contributed by atoms with Gasteiger partial charge in [0, 0.05) is 19.6 Å². The highest BCUT2D eigenvalue weighted by molar-refractivity contribution is 7.89. The fraction of sp³-hybridized carbons (Fsp3) is 0.381. The minimum Gasteiger partial charge on any atom is -0.496 e. The van der Waals surface area contributed by atoms with Gasteiger partial charge in [-0.1, -0.05) is 12.1 Å². The van der Waals surface area contributed by atoms with E-state index in [1.165, 1.54) is 29.6 Å². The standard InChI is InChI=1S/C21H25FN2O4S/c1-15-12-19(9-10-20(15)28-2)29(26,27)24-11-3-4-17(14-24)21(25)23-13-16-5-7-18(22)8-6-16/h5-10,12,17H,3-4,11,13-14H2,1-2H3,(H,23,25). The van der Waals surface area contributed by atoms with Crippen molar-refractivity contribution in [1.29, 1.82) is 0 Å². The molecular weight excluding hydrogens is 395 g/mol. The van der Waals surface area contributed by atoms with Crippen LogP contribution < -0.4 is 10.1 Å². The Morgan fingerprint density at radius 2 is 1.97 bits per heavy atom. The highest BCUT2D eigenvalue weighted by Crippen LogP contribution is 2.27. The molecule has 0 aliphatic carbocycles. The van der Waals surface area contributed by atoms with Crippen molar-refractivity contribution in [2.24, 2.45) is 5.92 Å². The summed E-state index contributed by atoms with van der Waals surface area (Å²) in [5.41, 5.74) is 1.52. The van der Waals surface area contributed by atoms with Crippen LogP contribution in [-0.4, -0.2) is 38.8 Å². The summed E-state index contributed by atoms with van der Waals surface area (Å²) in [5, 5.41) is 2.82. The highest BCUT2D eigenvalue weighted by Gasteiger charge is 2.33. The average Bonchev–Trinajstić information content (AvgIpc) is 2.73. The maximum atomic E-state index is 13.0. The number of benzene rings is 2. The number of carbonyl (C=O) groups is 1. The van der Waals surface area contributed by atoms with Gasteiger partial charge in [-0.05, 0) is 61.2 Å². The summed E-state index contributed by atoms with van der Waals surface area (Å²) in [6.07, 6.45) is 1.24. The monoisotopic (exact) mass is 420 g/mol. The predicted octanol–water partition coefficient (Wildman–Crippen LogP) is 2.86. The van der Waals surface area contributed by atoms with Crippen molar-refractivity contribution in [3.8, 4) is 5.75 Å². The summed E-state index contributed by atoms with van der Waals surface area (Å²) in [6.45, 7) is 2.59. The Hall–Kier alpha value is -2.45. The zero-order chi connectivity index (χ0) is 21.0. The summed E-state index contributed by atoms with van der Waals surface area (Å²) < 4.78 is 45.6. The van der Waals surface area contributed by atoms with Crippen molar-refractivity contribution in [2.45, 2.75) is 31.2 Å². The molecule has 156 valence electrons. The number of nitrogens with one attached hydrogen (secondary N) is 1. The second kappa shape index (κ2) is 8.92. The minimum atomic E-state index is -3.69. The molecule has 1 heterocycles. The predicted molar refractivity (Wildman–Crippen MR) is 107 cm³/mol. The largest absolute Gasteiger partial charge is 0.496 e. The Bertz CT molecular complexity index is 977. The van der Waals surface area contributed by atoms with Crippen LogP contribution in [0.4, 0.5) is 4.39 Å². The van der Waals surface area contributed by atoms with Crippen LogP contribution in [0, 0.1) is 18.7 Å². The van der Waals surface area contributed by atoms with Crippen molar-refractivity contribution in [1.82, 2.24) is 9.62 Å². The molecule has 0 spiro atoms. The summed E-state index contributed by atoms with van der Waals surface area (Å²) in [7, 11) is -2.15. The van der Waals surface area contributed by atoms with E-state index in [0.717, 1.165) is 11.1 Å². The number of hydrogen-bond acceptors (Lipinski definition) is 4. The molecule has 2 aromatic carbocycles. The molecule has 1 unspecified atom stereocenters. The molecule has 1 atom stereocenters. The molecule has 8 heteroatoms. The van der Waals surface area contributed by atoms with Crippen LogP contribution in [0.25, 0.3) is 0 Å². The SMILES string of the molecule is COc1ccc(S(=O)(=O)N2CCCC(C(=O)NCc3ccc(F)cc3)C2)cc1C. The van der Waals surface area contributed by atoms with Gasteiger partial charge >= 0.3 is 0 Å². The zero-order valence-electron chi connectivity index (χ0n) is 16.5. The van der Waals surface area contributed by atoms with Crippen LogP contribution in [-0.2, 0) is 21.4 Å². The smallest absolute Gasteiger partial charge is 0.243 e. The lowest BCUT2D eigenvalue weighted by Gasteiger charge is -2.31. The van der Waals surface area contributed by atoms with Gasteiger partial charge in [-0.2, -0.15) is 4.31 Å². The zero-order valence-corrected chi connectivity index (χ0v) is 17.3. The minimum absolute atomic E-state index is 0.142. The first kappa shape index (κ1) is 21.3. The first-order valence-corrected chi connectivity index (χ1v) is 10.9. The fourth-order valence-electron chi connectivity index (χ4n) is 3.47. The highest BCUT2D eigenvalue weighted by atomic mass is 32.2. The van der Waals surface area contributed by atoms with Gasteiger partial charge in [-0.15, -0.1) is 0 Å². The second-order valence-electron chi connectivity index (χ2n) is 7.18. The molecule has 0 aromatic heterocycles. The van der Waals surface area contributed by atoms with Crippen LogP contribution in [0.2, 0.25) is 0 Å². The van der Waals surface area contributed by atoms with Crippen LogP contribution in [0.15, 0.2) is 47.4 Å². The molecule has 0 radical (unpaired) electrons. The number of amides is 1. The Morgan fingerprint density at radius 3 is 2.62 bits per heavy atom. The van der Waals surface area contributed by atoms with Crippen LogP contribution >= 0.6 is 0 Å². The van der Waals surface area contributed by atoms with Crippen molar-refractivity contribution in [3.63, 3.8) is 0 Å². The summed E-state index contributed by atoms with van der Waals surface area (Å²) in [6, 6.07) is 10.7. The van der Waals surface area contributed by atoms with Gasteiger partial charge in [0.15, 0.2) is 0 Å². The number of aryl methyl sites for hydroxylation is 1. The Morgan fingerprint density at radius 1 is 1.24 bits per heavy atom. The van der Waals surface area contributed by atoms with E-state index in [9.17, 15) is 17.6 Å². The normalized spacial score (nSPS) is 17.7. The maximum Gasteiger partial charge on any atom is 0.243 e. The van der Waals surface area contributed by atoms with Gasteiger partial charge in [0.05, 0.1) is 17.9 Å². The molecule has 29 heavy (non-hydrogen) atoms. The Kier molecular flexibility index (Phi) is 6.54. The van der Waals surface area contributed by atoms with Gasteiger partial charge in [0.1, 0.15) is 11.6 Å². The van der Waals surface area contributed by atoms with Crippen molar-refractivity contribution < 1.29 is 22.3 Å². The average molecular weight is 421 g/mol. The van der Waals surface area contributed by atoms with Gasteiger partial charge in [-0.3, -0.25) is 4.79 Å². The molecule has 6 nitrogen and oxygen atoms in total. The third kappa shape index (κ3) is 4.94. The number of ether oxygens (including phenoxy) is 1. The first-order valence-electron chi connectivity index (χ1n) is 9.48. The molecule has 1 saturated heterocycles. The van der Waals surface area contributed by atoms with Crippen molar-refractivity contribution in [3.05, 3.63) is 59.4 Å². The molecule has 1 aliphatic heterocycles. The number of sulfonamides is 1. The van der Waals surface area contributed by atoms with E-state index in [-0.39, 0.29) is 29.7 Å². The topological polar surface area (TPSA) is 75.7 Å². The van der Waals surface area contributed by atoms with Crippen LogP contribution in [0.1, 0.15) is 24.0 Å². The molecule has 0 bridgehead atoms. The van der Waals surface area contributed by atoms with E-state index in [1.54, 1.807) is 31.2 Å². The first-order chi connectivity index (χ1) is 13.8. The fourth-order valence-corrected chi connectivity index (χ4v) is 5.08. The summed E-state index contributed by atoms with van der Waals surface area (Å²) in [4.78, 5) is 12.8.